The molecule has 3 rings (SSSR count). The van der Waals surface area contributed by atoms with Crippen LogP contribution in [0.4, 0.5) is 0 Å². The summed E-state index contributed by atoms with van der Waals surface area (Å²) in [6.45, 7) is 7.90. The minimum Gasteiger partial charge on any atom is -0.342 e. The minimum absolute atomic E-state index is 0.232. The molecule has 25 heavy (non-hydrogen) atoms. The second-order valence-electron chi connectivity index (χ2n) is 6.92. The molecule has 0 saturated carbocycles. The molecule has 1 aliphatic heterocycles. The molecule has 1 amide bonds. The first-order valence-electron chi connectivity index (χ1n) is 9.06. The average molecular weight is 339 g/mol. The molecular formula is C19H25N5O. The van der Waals surface area contributed by atoms with E-state index in [1.807, 2.05) is 18.7 Å². The fourth-order valence-electron chi connectivity index (χ4n) is 3.77. The van der Waals surface area contributed by atoms with Crippen LogP contribution in [0.5, 0.6) is 0 Å². The molecule has 2 aromatic rings. The molecule has 1 fully saturated rings. The van der Waals surface area contributed by atoms with Crippen molar-refractivity contribution in [3.8, 4) is 6.07 Å². The van der Waals surface area contributed by atoms with Gasteiger partial charge in [-0.05, 0) is 44.6 Å². The minimum atomic E-state index is 0.232. The number of aryl methyl sites for hydroxylation is 2. The van der Waals surface area contributed by atoms with Crippen LogP contribution in [0.2, 0.25) is 0 Å². The molecule has 0 aliphatic carbocycles. The van der Waals surface area contributed by atoms with Crippen molar-refractivity contribution in [1.82, 2.24) is 19.5 Å². The molecule has 3 heterocycles. The van der Waals surface area contributed by atoms with Crippen LogP contribution >= 0.6 is 0 Å². The van der Waals surface area contributed by atoms with Crippen LogP contribution in [0.3, 0.4) is 0 Å². The SMILES string of the molecule is CCC1CCCN(C(=O)CCc2c(C)nc3c(C#N)cnn3c2C)C1. The highest BCUT2D eigenvalue weighted by Crippen LogP contribution is 2.22. The average Bonchev–Trinajstić information content (AvgIpc) is 3.04. The number of hydrogen-bond donors (Lipinski definition) is 0. The standard InChI is InChI=1S/C19H25N5O/c1-4-15-6-5-9-23(12-15)18(25)8-7-17-13(2)22-19-16(10-20)11-21-24(19)14(17)3/h11,15H,4-9,12H2,1-3H3. The number of piperidine rings is 1. The van der Waals surface area contributed by atoms with Crippen molar-refractivity contribution in [3.63, 3.8) is 0 Å². The van der Waals surface area contributed by atoms with Gasteiger partial charge < -0.3 is 4.90 Å². The van der Waals surface area contributed by atoms with Crippen molar-refractivity contribution in [1.29, 1.82) is 5.26 Å². The molecule has 1 aliphatic rings. The summed E-state index contributed by atoms with van der Waals surface area (Å²) in [5.74, 6) is 0.878. The van der Waals surface area contributed by atoms with Gasteiger partial charge in [0, 0.05) is 30.9 Å². The summed E-state index contributed by atoms with van der Waals surface area (Å²) >= 11 is 0. The molecule has 1 unspecified atom stereocenters. The first kappa shape index (κ1) is 17.4. The Kier molecular flexibility index (Phi) is 5.03. The van der Waals surface area contributed by atoms with Gasteiger partial charge in [-0.25, -0.2) is 9.50 Å². The Morgan fingerprint density at radius 2 is 2.24 bits per heavy atom. The lowest BCUT2D eigenvalue weighted by atomic mass is 9.95. The third kappa shape index (κ3) is 3.37. The molecule has 1 atom stereocenters. The number of nitriles is 1. The maximum absolute atomic E-state index is 12.6. The number of hydrogen-bond acceptors (Lipinski definition) is 4. The smallest absolute Gasteiger partial charge is 0.222 e. The molecule has 1 saturated heterocycles. The van der Waals surface area contributed by atoms with Crippen molar-refractivity contribution in [3.05, 3.63) is 28.7 Å². The van der Waals surface area contributed by atoms with Gasteiger partial charge in [-0.15, -0.1) is 0 Å². The second kappa shape index (κ2) is 7.22. The van der Waals surface area contributed by atoms with Crippen molar-refractivity contribution < 1.29 is 4.79 Å². The summed E-state index contributed by atoms with van der Waals surface area (Å²) in [6, 6.07) is 2.12. The third-order valence-corrected chi connectivity index (χ3v) is 5.37. The van der Waals surface area contributed by atoms with Gasteiger partial charge in [0.25, 0.3) is 0 Å². The predicted molar refractivity (Wildman–Crippen MR) is 95.1 cm³/mol. The molecule has 132 valence electrons. The van der Waals surface area contributed by atoms with E-state index in [-0.39, 0.29) is 5.91 Å². The highest BCUT2D eigenvalue weighted by molar-refractivity contribution is 5.76. The van der Waals surface area contributed by atoms with Crippen molar-refractivity contribution in [2.24, 2.45) is 5.92 Å². The zero-order chi connectivity index (χ0) is 18.0. The number of carbonyl (C=O) groups is 1. The summed E-state index contributed by atoms with van der Waals surface area (Å²) in [5, 5.41) is 13.4. The lowest BCUT2D eigenvalue weighted by Crippen LogP contribution is -2.39. The normalized spacial score (nSPS) is 17.7. The lowest BCUT2D eigenvalue weighted by molar-refractivity contribution is -0.133. The van der Waals surface area contributed by atoms with E-state index in [0.29, 0.717) is 30.0 Å². The Balaban J connectivity index is 1.75. The zero-order valence-corrected chi connectivity index (χ0v) is 15.2. The van der Waals surface area contributed by atoms with Crippen molar-refractivity contribution in [2.45, 2.75) is 52.9 Å². The van der Waals surface area contributed by atoms with E-state index in [9.17, 15) is 4.79 Å². The van der Waals surface area contributed by atoms with Gasteiger partial charge in [0.1, 0.15) is 11.6 Å². The Morgan fingerprint density at radius 3 is 2.96 bits per heavy atom. The highest BCUT2D eigenvalue weighted by atomic mass is 16.2. The third-order valence-electron chi connectivity index (χ3n) is 5.37. The number of nitrogens with zero attached hydrogens (tertiary/aromatic N) is 5. The van der Waals surface area contributed by atoms with Crippen LogP contribution in [0.1, 0.15) is 55.1 Å². The Bertz CT molecular complexity index is 832. The van der Waals surface area contributed by atoms with E-state index in [0.717, 1.165) is 42.9 Å². The summed E-state index contributed by atoms with van der Waals surface area (Å²) < 4.78 is 1.71. The summed E-state index contributed by atoms with van der Waals surface area (Å²) in [6.07, 6.45) is 6.19. The highest BCUT2D eigenvalue weighted by Gasteiger charge is 2.23. The molecule has 0 bridgehead atoms. The molecule has 0 spiro atoms. The molecule has 6 nitrogen and oxygen atoms in total. The van der Waals surface area contributed by atoms with Crippen LogP contribution in [0.15, 0.2) is 6.20 Å². The van der Waals surface area contributed by atoms with E-state index in [1.54, 1.807) is 10.7 Å². The number of amides is 1. The van der Waals surface area contributed by atoms with E-state index in [2.05, 4.69) is 23.1 Å². The summed E-state index contributed by atoms with van der Waals surface area (Å²) in [4.78, 5) is 19.2. The van der Waals surface area contributed by atoms with Gasteiger partial charge >= 0.3 is 0 Å². The molecule has 0 N–H and O–H groups in total. The lowest BCUT2D eigenvalue weighted by Gasteiger charge is -2.32. The Labute approximate surface area is 148 Å². The largest absolute Gasteiger partial charge is 0.342 e. The molecule has 6 heteroatoms. The first-order valence-corrected chi connectivity index (χ1v) is 9.06. The zero-order valence-electron chi connectivity index (χ0n) is 15.2. The number of carbonyl (C=O) groups excluding carboxylic acids is 1. The summed E-state index contributed by atoms with van der Waals surface area (Å²) in [7, 11) is 0. The van der Waals surface area contributed by atoms with Crippen LogP contribution in [-0.2, 0) is 11.2 Å². The first-order chi connectivity index (χ1) is 12.0. The molecule has 2 aromatic heterocycles. The Morgan fingerprint density at radius 1 is 1.44 bits per heavy atom. The Hall–Kier alpha value is -2.42. The predicted octanol–water partition coefficient (Wildman–Crippen LogP) is 2.80. The van der Waals surface area contributed by atoms with E-state index in [1.165, 1.54) is 6.42 Å². The number of aromatic nitrogens is 3. The van der Waals surface area contributed by atoms with Crippen LogP contribution < -0.4 is 0 Å². The molecule has 0 radical (unpaired) electrons. The van der Waals surface area contributed by atoms with Crippen LogP contribution in [-0.4, -0.2) is 38.5 Å². The molecule has 0 aromatic carbocycles. The maximum atomic E-state index is 12.6. The fraction of sp³-hybridized carbons (Fsp3) is 0.579. The van der Waals surface area contributed by atoms with Gasteiger partial charge in [-0.3, -0.25) is 4.79 Å². The fourth-order valence-corrected chi connectivity index (χ4v) is 3.77. The topological polar surface area (TPSA) is 74.3 Å². The summed E-state index contributed by atoms with van der Waals surface area (Å²) in [5.41, 5.74) is 3.96. The van der Waals surface area contributed by atoms with Gasteiger partial charge in [0.2, 0.25) is 5.91 Å². The van der Waals surface area contributed by atoms with E-state index >= 15 is 0 Å². The van der Waals surface area contributed by atoms with Gasteiger partial charge in [-0.1, -0.05) is 13.3 Å². The monoisotopic (exact) mass is 339 g/mol. The molecular weight excluding hydrogens is 314 g/mol. The quantitative estimate of drug-likeness (QED) is 0.858. The van der Waals surface area contributed by atoms with Gasteiger partial charge in [0.15, 0.2) is 5.65 Å². The number of rotatable bonds is 4. The maximum Gasteiger partial charge on any atom is 0.222 e. The van der Waals surface area contributed by atoms with E-state index in [4.69, 9.17) is 5.26 Å². The van der Waals surface area contributed by atoms with Crippen molar-refractivity contribution in [2.75, 3.05) is 13.1 Å². The van der Waals surface area contributed by atoms with Crippen molar-refractivity contribution >= 4 is 11.6 Å². The van der Waals surface area contributed by atoms with Gasteiger partial charge in [0.05, 0.1) is 6.20 Å². The second-order valence-corrected chi connectivity index (χ2v) is 6.92. The number of fused-ring (bicyclic) bond motifs is 1. The van der Waals surface area contributed by atoms with E-state index < -0.39 is 0 Å². The van der Waals surface area contributed by atoms with Gasteiger partial charge in [-0.2, -0.15) is 10.4 Å². The van der Waals surface area contributed by atoms with Crippen LogP contribution in [0, 0.1) is 31.1 Å². The number of likely N-dealkylation sites (tertiary alicyclic amines) is 1. The van der Waals surface area contributed by atoms with Crippen LogP contribution in [0.25, 0.3) is 5.65 Å².